The highest BCUT2D eigenvalue weighted by molar-refractivity contribution is 6.18. The maximum atomic E-state index is 7.11. The zero-order chi connectivity index (χ0) is 92.2. The lowest BCUT2D eigenvalue weighted by atomic mass is 9.90. The topological polar surface area (TPSA) is 42.6 Å². The minimum atomic E-state index is 0.834. The first-order valence-electron chi connectivity index (χ1n) is 48.0. The quantitative estimate of drug-likeness (QED) is 0.0803. The molecule has 4 aromatic heterocycles. The van der Waals surface area contributed by atoms with Gasteiger partial charge in [0.25, 0.3) is 0 Å². The molecule has 0 spiro atoms. The highest BCUT2D eigenvalue weighted by atomic mass is 16.3. The molecule has 0 unspecified atom stereocenters. The van der Waals surface area contributed by atoms with Gasteiger partial charge in [0.1, 0.15) is 22.3 Å². The van der Waals surface area contributed by atoms with E-state index in [9.17, 15) is 0 Å². The molecule has 0 saturated heterocycles. The molecule has 27 aromatic rings. The molecule has 654 valence electrons. The Balaban J connectivity index is 0.581. The van der Waals surface area contributed by atoms with E-state index in [-0.39, 0.29) is 0 Å². The van der Waals surface area contributed by atoms with Gasteiger partial charge in [-0.3, -0.25) is 0 Å². The molecule has 23 aromatic carbocycles. The third-order valence-electron chi connectivity index (χ3n) is 28.6. The number of benzene rings is 23. The second kappa shape index (κ2) is 33.8. The van der Waals surface area contributed by atoms with Crippen LogP contribution in [0.25, 0.3) is 232 Å². The molecule has 0 N–H and O–H groups in total. The first kappa shape index (κ1) is 81.0. The Bertz CT molecular complexity index is 9480. The summed E-state index contributed by atoms with van der Waals surface area (Å²) in [4.78, 5) is 4.92. The summed E-state index contributed by atoms with van der Waals surface area (Å²) in [5.74, 6) is 0. The molecule has 0 radical (unpaired) electrons. The zero-order valence-electron chi connectivity index (χ0n) is 76.3. The minimum absolute atomic E-state index is 0.834. The molecule has 0 bridgehead atoms. The van der Waals surface area contributed by atoms with Crippen molar-refractivity contribution < 1.29 is 8.83 Å². The van der Waals surface area contributed by atoms with Crippen LogP contribution in [0.4, 0.5) is 34.1 Å². The first-order chi connectivity index (χ1) is 69.5. The molecule has 4 heterocycles. The van der Waals surface area contributed by atoms with E-state index in [0.29, 0.717) is 0 Å². The molecular weight excluding hydrogens is 1700 g/mol. The van der Waals surface area contributed by atoms with Crippen LogP contribution >= 0.6 is 0 Å². The van der Waals surface area contributed by atoms with Crippen molar-refractivity contribution >= 4 is 143 Å². The summed E-state index contributed by atoms with van der Waals surface area (Å²) in [5.41, 5.74) is 38.4. The molecule has 0 amide bonds. The Morgan fingerprint density at radius 3 is 0.964 bits per heavy atom. The van der Waals surface area contributed by atoms with Crippen molar-refractivity contribution in [3.63, 3.8) is 0 Å². The Morgan fingerprint density at radius 1 is 0.150 bits per heavy atom. The molecule has 140 heavy (non-hydrogen) atoms. The van der Waals surface area contributed by atoms with E-state index in [1.165, 1.54) is 48.7 Å². The Hall–Kier alpha value is -18.6. The van der Waals surface area contributed by atoms with Crippen molar-refractivity contribution in [1.82, 2.24) is 9.13 Å². The zero-order valence-corrected chi connectivity index (χ0v) is 76.3. The third kappa shape index (κ3) is 13.5. The number of furan rings is 2. The number of hydrogen-bond donors (Lipinski definition) is 0. The van der Waals surface area contributed by atoms with E-state index in [2.05, 4.69) is 535 Å². The molecule has 6 nitrogen and oxygen atoms in total. The minimum Gasteiger partial charge on any atom is -0.455 e. The maximum Gasteiger partial charge on any atom is 0.143 e. The smallest absolute Gasteiger partial charge is 0.143 e. The number of hydrogen-bond acceptors (Lipinski definition) is 4. The van der Waals surface area contributed by atoms with Gasteiger partial charge in [-0.05, 0) is 221 Å². The van der Waals surface area contributed by atoms with Crippen LogP contribution in [0.5, 0.6) is 0 Å². The van der Waals surface area contributed by atoms with E-state index >= 15 is 0 Å². The average Bonchev–Trinajstić information content (AvgIpc) is 1.50. The Labute approximate surface area is 809 Å². The normalized spacial score (nSPS) is 11.7. The number of aromatic nitrogens is 2. The molecular formula is C134H86N4O2. The van der Waals surface area contributed by atoms with Crippen molar-refractivity contribution in [3.05, 3.63) is 522 Å². The Morgan fingerprint density at radius 2 is 0.471 bits per heavy atom. The van der Waals surface area contributed by atoms with Gasteiger partial charge in [0.15, 0.2) is 0 Å². The van der Waals surface area contributed by atoms with Crippen LogP contribution in [-0.4, -0.2) is 9.13 Å². The van der Waals surface area contributed by atoms with Crippen LogP contribution in [-0.2, 0) is 0 Å². The van der Waals surface area contributed by atoms with E-state index in [1.807, 2.05) is 6.07 Å². The highest BCUT2D eigenvalue weighted by Crippen LogP contribution is 2.54. The second-order valence-corrected chi connectivity index (χ2v) is 36.3. The van der Waals surface area contributed by atoms with E-state index in [0.717, 1.165) is 217 Å². The van der Waals surface area contributed by atoms with Gasteiger partial charge in [0.05, 0.1) is 50.5 Å². The van der Waals surface area contributed by atoms with Gasteiger partial charge in [0, 0.05) is 99.1 Å². The van der Waals surface area contributed by atoms with E-state index in [1.54, 1.807) is 0 Å². The largest absolute Gasteiger partial charge is 0.455 e. The maximum absolute atomic E-state index is 7.11. The fourth-order valence-electron chi connectivity index (χ4n) is 22.3. The number of rotatable bonds is 18. The Kier molecular flexibility index (Phi) is 19.5. The second-order valence-electron chi connectivity index (χ2n) is 36.3. The number of nitrogens with zero attached hydrogens (tertiary/aromatic N) is 4. The van der Waals surface area contributed by atoms with Gasteiger partial charge in [-0.1, -0.05) is 394 Å². The predicted octanol–water partition coefficient (Wildman–Crippen LogP) is 37.6. The van der Waals surface area contributed by atoms with Crippen LogP contribution in [0, 0.1) is 0 Å². The van der Waals surface area contributed by atoms with Gasteiger partial charge in [-0.25, -0.2) is 0 Å². The fourth-order valence-corrected chi connectivity index (χ4v) is 22.3. The summed E-state index contributed by atoms with van der Waals surface area (Å²) >= 11 is 0. The van der Waals surface area contributed by atoms with Gasteiger partial charge < -0.3 is 27.8 Å². The van der Waals surface area contributed by atoms with Crippen molar-refractivity contribution in [2.24, 2.45) is 0 Å². The fraction of sp³-hybridized carbons (Fsp3) is 0. The molecule has 0 aliphatic carbocycles. The van der Waals surface area contributed by atoms with Gasteiger partial charge >= 0.3 is 0 Å². The van der Waals surface area contributed by atoms with Crippen LogP contribution in [0.3, 0.4) is 0 Å². The summed E-state index contributed by atoms with van der Waals surface area (Å²) in [5, 5.41) is 13.9. The molecule has 27 rings (SSSR count). The number of anilines is 6. The van der Waals surface area contributed by atoms with E-state index < -0.39 is 0 Å². The summed E-state index contributed by atoms with van der Waals surface area (Å²) in [6.45, 7) is 0. The summed E-state index contributed by atoms with van der Waals surface area (Å²) in [6, 6.07) is 191. The van der Waals surface area contributed by atoms with Crippen LogP contribution in [0.15, 0.2) is 531 Å². The lowest BCUT2D eigenvalue weighted by molar-refractivity contribution is 0.669. The third-order valence-corrected chi connectivity index (χ3v) is 28.6. The van der Waals surface area contributed by atoms with Crippen LogP contribution in [0.2, 0.25) is 0 Å². The molecule has 6 heteroatoms. The monoisotopic (exact) mass is 1780 g/mol. The molecule has 0 saturated carbocycles. The average molecular weight is 1780 g/mol. The van der Waals surface area contributed by atoms with Gasteiger partial charge in [-0.2, -0.15) is 0 Å². The van der Waals surface area contributed by atoms with Gasteiger partial charge in [-0.15, -0.1) is 0 Å². The highest BCUT2D eigenvalue weighted by Gasteiger charge is 2.29. The molecule has 0 atom stereocenters. The molecule has 0 fully saturated rings. The summed E-state index contributed by atoms with van der Waals surface area (Å²) < 4.78 is 18.7. The van der Waals surface area contributed by atoms with Gasteiger partial charge in [0.2, 0.25) is 0 Å². The van der Waals surface area contributed by atoms with Crippen molar-refractivity contribution in [1.29, 1.82) is 0 Å². The van der Waals surface area contributed by atoms with Crippen molar-refractivity contribution in [2.45, 2.75) is 0 Å². The van der Waals surface area contributed by atoms with Crippen LogP contribution < -0.4 is 9.80 Å². The van der Waals surface area contributed by atoms with Crippen molar-refractivity contribution in [3.8, 4) is 123 Å². The summed E-state index contributed by atoms with van der Waals surface area (Å²) in [7, 11) is 0. The lowest BCUT2D eigenvalue weighted by Crippen LogP contribution is -2.12. The van der Waals surface area contributed by atoms with Crippen molar-refractivity contribution in [2.75, 3.05) is 9.80 Å². The van der Waals surface area contributed by atoms with Crippen LogP contribution in [0.1, 0.15) is 0 Å². The number of para-hydroxylation sites is 12. The standard InChI is InChI=1S/C134H86N4O2/c1-2-35-87(36-3-1)97-37-4-5-39-101(97)107-45-13-24-59-123(107)136(124-60-25-14-47-109(124)103-41-8-10-43-105(103)111-49-16-27-62-126(111)138-129-65-30-19-52-114(129)115-53-20-31-66-130(115)138)96-80-73-90(74-81-96)120-84-92(85-121-117-55-22-33-68-132(117)140-134(120)121)91-75-82-98-93(83-91)86-119(106-44-11-6-38-100(98)106)89-71-78-95(79-72-89)135(94-76-69-88(70-77-94)99-56-34-57-118-116-54-21-32-67-131(116)139-133(99)118)122-58-23-12-46-108(122)102-40-7-9-42-104(102)110-48-15-26-61-125(110)137-127-63-28-17-50-112(127)113-51-18-29-64-128(113)137/h1-86H. The SMILES string of the molecule is c1ccc(-c2ccccc2-c2ccccc2N(c2ccc(-c3cc(-c4ccc5c(c4)cc(-c4ccc(N(c6ccc(-c7cccc8c7oc7ccccc78)cc6)c6ccccc6-c6ccccc6-c6ccccc6-n6c7ccccc7c7ccccc76)cc4)c4ccccc45)cc4c3oc3ccccc34)cc2)c2ccccc2-c2ccccc2-c2ccccc2-n2c3ccccc3c3ccccc32)cc1. The number of fused-ring (bicyclic) bond motifs is 15. The summed E-state index contributed by atoms with van der Waals surface area (Å²) in [6.07, 6.45) is 0. The molecule has 0 aliphatic rings. The predicted molar refractivity (Wildman–Crippen MR) is 588 cm³/mol. The lowest BCUT2D eigenvalue weighted by Gasteiger charge is -2.31. The molecule has 0 aliphatic heterocycles. The first-order valence-corrected chi connectivity index (χ1v) is 48.0. The van der Waals surface area contributed by atoms with E-state index in [4.69, 9.17) is 8.83 Å².